The van der Waals surface area contributed by atoms with Gasteiger partial charge in [0.2, 0.25) is 0 Å². The molecular weight excluding hydrogens is 370 g/mol. The second-order valence-corrected chi connectivity index (χ2v) is 8.37. The third-order valence-electron chi connectivity index (χ3n) is 6.38. The van der Waals surface area contributed by atoms with Crippen LogP contribution in [0.1, 0.15) is 51.0 Å². The molecule has 1 aliphatic heterocycles. The lowest BCUT2D eigenvalue weighted by Gasteiger charge is -2.29. The fourth-order valence-corrected chi connectivity index (χ4v) is 4.48. The summed E-state index contributed by atoms with van der Waals surface area (Å²) in [7, 11) is 2.98. The highest BCUT2D eigenvalue weighted by atomic mass is 16.5. The molecule has 1 unspecified atom stereocenters. The molecule has 1 aromatic rings. The first-order valence-electron chi connectivity index (χ1n) is 10.1. The number of carbonyl (C=O) groups excluding carboxylic acids is 2. The number of amides is 1. The summed E-state index contributed by atoms with van der Waals surface area (Å²) >= 11 is 0. The zero-order valence-corrected chi connectivity index (χ0v) is 17.8. The second kappa shape index (κ2) is 8.47. The van der Waals surface area contributed by atoms with Crippen LogP contribution in [0.15, 0.2) is 30.4 Å². The zero-order valence-electron chi connectivity index (χ0n) is 17.8. The lowest BCUT2D eigenvalue weighted by atomic mass is 9.73. The van der Waals surface area contributed by atoms with Crippen LogP contribution >= 0.6 is 0 Å². The van der Waals surface area contributed by atoms with Gasteiger partial charge < -0.3 is 19.1 Å². The molecule has 0 bridgehead atoms. The molecule has 1 aromatic carbocycles. The summed E-state index contributed by atoms with van der Waals surface area (Å²) in [4.78, 5) is 26.2. The van der Waals surface area contributed by atoms with Crippen LogP contribution in [0.2, 0.25) is 0 Å². The van der Waals surface area contributed by atoms with Crippen LogP contribution in [0.4, 0.5) is 4.79 Å². The van der Waals surface area contributed by atoms with Gasteiger partial charge in [-0.2, -0.15) is 0 Å². The third kappa shape index (κ3) is 4.26. The first kappa shape index (κ1) is 21.2. The van der Waals surface area contributed by atoms with Gasteiger partial charge in [-0.15, -0.1) is 0 Å². The molecule has 29 heavy (non-hydrogen) atoms. The van der Waals surface area contributed by atoms with Crippen LogP contribution in [0.3, 0.4) is 0 Å². The average molecular weight is 402 g/mol. The van der Waals surface area contributed by atoms with Crippen molar-refractivity contribution in [2.45, 2.75) is 51.6 Å². The molecule has 1 saturated carbocycles. The van der Waals surface area contributed by atoms with Crippen molar-refractivity contribution in [1.29, 1.82) is 0 Å². The SMILES string of the molecule is C=C1CCCC(Oc2cc([C@@H]3CN(C(=O)OC)C[C@@]3(C)C(C)=O)ccc2OC)C1. The highest BCUT2D eigenvalue weighted by Crippen LogP contribution is 2.45. The standard InChI is InChI=1S/C23H31NO5/c1-15-7-6-8-18(11-15)29-21-12-17(9-10-20(21)27-4)19-13-24(22(26)28-5)14-23(19,3)16(2)25/h9-10,12,18-19H,1,6-8,11,13-14H2,2-5H3/t18?,19-,23-/m0/s1. The fraction of sp³-hybridized carbons (Fsp3) is 0.565. The molecule has 158 valence electrons. The normalized spacial score (nSPS) is 26.9. The summed E-state index contributed by atoms with van der Waals surface area (Å²) in [5.74, 6) is 1.24. The predicted molar refractivity (Wildman–Crippen MR) is 111 cm³/mol. The van der Waals surface area contributed by atoms with Gasteiger partial charge in [-0.05, 0) is 43.9 Å². The lowest BCUT2D eigenvalue weighted by molar-refractivity contribution is -0.125. The van der Waals surface area contributed by atoms with Gasteiger partial charge in [-0.25, -0.2) is 4.79 Å². The minimum Gasteiger partial charge on any atom is -0.493 e. The molecule has 3 rings (SSSR count). The fourth-order valence-electron chi connectivity index (χ4n) is 4.48. The van der Waals surface area contributed by atoms with E-state index in [4.69, 9.17) is 14.2 Å². The predicted octanol–water partition coefficient (Wildman–Crippen LogP) is 4.33. The van der Waals surface area contributed by atoms with Gasteiger partial charge in [-0.1, -0.05) is 25.1 Å². The molecule has 1 heterocycles. The molecule has 6 nitrogen and oxygen atoms in total. The molecule has 3 atom stereocenters. The van der Waals surface area contributed by atoms with E-state index in [1.165, 1.54) is 12.7 Å². The molecule has 2 fully saturated rings. The average Bonchev–Trinajstić information content (AvgIpc) is 3.06. The van der Waals surface area contributed by atoms with Gasteiger partial charge in [0.1, 0.15) is 11.9 Å². The van der Waals surface area contributed by atoms with Crippen LogP contribution in [0.5, 0.6) is 11.5 Å². The number of nitrogens with zero attached hydrogens (tertiary/aromatic N) is 1. The van der Waals surface area contributed by atoms with E-state index in [0.717, 1.165) is 31.2 Å². The van der Waals surface area contributed by atoms with Crippen LogP contribution in [-0.4, -0.2) is 50.2 Å². The number of likely N-dealkylation sites (tertiary alicyclic amines) is 1. The van der Waals surface area contributed by atoms with Crippen molar-refractivity contribution in [2.24, 2.45) is 5.41 Å². The van der Waals surface area contributed by atoms with Gasteiger partial charge in [0.15, 0.2) is 11.5 Å². The van der Waals surface area contributed by atoms with E-state index in [9.17, 15) is 9.59 Å². The smallest absolute Gasteiger partial charge is 0.409 e. The summed E-state index contributed by atoms with van der Waals surface area (Å²) in [6.07, 6.45) is 3.62. The van der Waals surface area contributed by atoms with Crippen LogP contribution in [0.25, 0.3) is 0 Å². The highest BCUT2D eigenvalue weighted by molar-refractivity contribution is 5.85. The Hall–Kier alpha value is -2.50. The number of rotatable bonds is 5. The number of benzene rings is 1. The number of Topliss-reactive ketones (excluding diaryl/α,β-unsaturated/α-hetero) is 1. The number of hydrogen-bond acceptors (Lipinski definition) is 5. The Bertz CT molecular complexity index is 804. The number of ketones is 1. The van der Waals surface area contributed by atoms with E-state index in [0.29, 0.717) is 24.6 Å². The molecule has 0 aromatic heterocycles. The van der Waals surface area contributed by atoms with Gasteiger partial charge in [0.05, 0.1) is 19.6 Å². The largest absolute Gasteiger partial charge is 0.493 e. The summed E-state index contributed by atoms with van der Waals surface area (Å²) in [5.41, 5.74) is 1.49. The van der Waals surface area contributed by atoms with Gasteiger partial charge >= 0.3 is 6.09 Å². The number of carbonyl (C=O) groups is 2. The first-order valence-corrected chi connectivity index (χ1v) is 10.1. The molecule has 6 heteroatoms. The Kier molecular flexibility index (Phi) is 6.20. The molecular formula is C23H31NO5. The van der Waals surface area contributed by atoms with E-state index < -0.39 is 11.5 Å². The van der Waals surface area contributed by atoms with Crippen molar-refractivity contribution in [2.75, 3.05) is 27.3 Å². The summed E-state index contributed by atoms with van der Waals surface area (Å²) in [6, 6.07) is 5.80. The van der Waals surface area contributed by atoms with Crippen molar-refractivity contribution in [3.05, 3.63) is 35.9 Å². The summed E-state index contributed by atoms with van der Waals surface area (Å²) < 4.78 is 16.7. The third-order valence-corrected chi connectivity index (χ3v) is 6.38. The van der Waals surface area contributed by atoms with Crippen molar-refractivity contribution in [3.8, 4) is 11.5 Å². The molecule has 0 spiro atoms. The second-order valence-electron chi connectivity index (χ2n) is 8.37. The van der Waals surface area contributed by atoms with Crippen LogP contribution < -0.4 is 9.47 Å². The molecule has 0 radical (unpaired) electrons. The summed E-state index contributed by atoms with van der Waals surface area (Å²) in [6.45, 7) is 8.37. The van der Waals surface area contributed by atoms with E-state index >= 15 is 0 Å². The Morgan fingerprint density at radius 1 is 1.24 bits per heavy atom. The monoisotopic (exact) mass is 401 g/mol. The molecule has 1 amide bonds. The molecule has 1 saturated heterocycles. The van der Waals surface area contributed by atoms with Crippen molar-refractivity contribution >= 4 is 11.9 Å². The van der Waals surface area contributed by atoms with E-state index in [2.05, 4.69) is 6.58 Å². The van der Waals surface area contributed by atoms with Crippen molar-refractivity contribution in [3.63, 3.8) is 0 Å². The Morgan fingerprint density at radius 3 is 2.62 bits per heavy atom. The van der Waals surface area contributed by atoms with Gasteiger partial charge in [-0.3, -0.25) is 4.79 Å². The Balaban J connectivity index is 1.91. The van der Waals surface area contributed by atoms with Gasteiger partial charge in [0, 0.05) is 25.4 Å². The van der Waals surface area contributed by atoms with Gasteiger partial charge in [0.25, 0.3) is 0 Å². The number of methoxy groups -OCH3 is 2. The van der Waals surface area contributed by atoms with Crippen LogP contribution in [-0.2, 0) is 9.53 Å². The number of ether oxygens (including phenoxy) is 3. The highest BCUT2D eigenvalue weighted by Gasteiger charge is 2.49. The quantitative estimate of drug-likeness (QED) is 0.687. The number of hydrogen-bond donors (Lipinski definition) is 0. The Labute approximate surface area is 172 Å². The minimum absolute atomic E-state index is 0.0516. The molecule has 2 aliphatic rings. The first-order chi connectivity index (χ1) is 13.8. The van der Waals surface area contributed by atoms with E-state index in [1.807, 2.05) is 25.1 Å². The molecule has 0 N–H and O–H groups in total. The zero-order chi connectivity index (χ0) is 21.2. The van der Waals surface area contributed by atoms with Crippen molar-refractivity contribution < 1.29 is 23.8 Å². The lowest BCUT2D eigenvalue weighted by Crippen LogP contribution is -2.35. The van der Waals surface area contributed by atoms with Crippen LogP contribution in [0, 0.1) is 5.41 Å². The topological polar surface area (TPSA) is 65.1 Å². The maximum atomic E-state index is 12.5. The maximum absolute atomic E-state index is 12.5. The maximum Gasteiger partial charge on any atom is 0.409 e. The van der Waals surface area contributed by atoms with E-state index in [1.54, 1.807) is 18.9 Å². The Morgan fingerprint density at radius 2 is 2.00 bits per heavy atom. The minimum atomic E-state index is -0.681. The van der Waals surface area contributed by atoms with Crippen molar-refractivity contribution in [1.82, 2.24) is 4.90 Å². The summed E-state index contributed by atoms with van der Waals surface area (Å²) in [5, 5.41) is 0. The van der Waals surface area contributed by atoms with E-state index in [-0.39, 0.29) is 17.8 Å². The molecule has 1 aliphatic carbocycles.